The summed E-state index contributed by atoms with van der Waals surface area (Å²) in [5.41, 5.74) is 0.569. The molecule has 106 valence electrons. The molecule has 0 aliphatic rings. The van der Waals surface area contributed by atoms with Crippen molar-refractivity contribution in [2.75, 3.05) is 25.0 Å². The molecule has 1 unspecified atom stereocenters. The molecule has 1 aromatic heterocycles. The minimum Gasteiger partial charge on any atom is -0.377 e. The van der Waals surface area contributed by atoms with E-state index in [1.165, 1.54) is 0 Å². The second-order valence-electron chi connectivity index (χ2n) is 4.30. The van der Waals surface area contributed by atoms with Crippen LogP contribution >= 0.6 is 0 Å². The molecule has 0 radical (unpaired) electrons. The number of anilines is 1. The smallest absolute Gasteiger partial charge is 0.255 e. The average Bonchev–Trinajstić information content (AvgIpc) is 2.43. The lowest BCUT2D eigenvalue weighted by Crippen LogP contribution is -2.32. The van der Waals surface area contributed by atoms with E-state index in [-0.39, 0.29) is 12.0 Å². The van der Waals surface area contributed by atoms with Gasteiger partial charge < -0.3 is 15.4 Å². The maximum atomic E-state index is 12.1. The highest BCUT2D eigenvalue weighted by molar-refractivity contribution is 5.98. The third-order valence-corrected chi connectivity index (χ3v) is 2.60. The van der Waals surface area contributed by atoms with Crippen molar-refractivity contribution in [3.63, 3.8) is 0 Å². The Balaban J connectivity index is 2.60. The number of aromatic nitrogens is 1. The van der Waals surface area contributed by atoms with Crippen LogP contribution in [0.2, 0.25) is 0 Å². The summed E-state index contributed by atoms with van der Waals surface area (Å²) in [6, 6.07) is 3.53. The van der Waals surface area contributed by atoms with Crippen LogP contribution in [0, 0.1) is 0 Å². The molecule has 0 aliphatic heterocycles. The molecule has 0 spiro atoms. The van der Waals surface area contributed by atoms with Crippen molar-refractivity contribution < 1.29 is 9.53 Å². The van der Waals surface area contributed by atoms with Crippen molar-refractivity contribution >= 4 is 11.7 Å². The lowest BCUT2D eigenvalue weighted by atomic mass is 10.2. The summed E-state index contributed by atoms with van der Waals surface area (Å²) in [4.78, 5) is 16.3. The topological polar surface area (TPSA) is 63.2 Å². The summed E-state index contributed by atoms with van der Waals surface area (Å²) < 4.78 is 5.38. The lowest BCUT2D eigenvalue weighted by Gasteiger charge is -2.14. The van der Waals surface area contributed by atoms with Crippen LogP contribution in [-0.2, 0) is 4.74 Å². The van der Waals surface area contributed by atoms with Crippen LogP contribution in [0.5, 0.6) is 0 Å². The second-order valence-corrected chi connectivity index (χ2v) is 4.30. The molecule has 5 nitrogen and oxygen atoms in total. The number of amides is 1. The number of carbonyl (C=O) groups is 1. The van der Waals surface area contributed by atoms with E-state index in [0.717, 1.165) is 13.0 Å². The Hall–Kier alpha value is -1.62. The highest BCUT2D eigenvalue weighted by atomic mass is 16.5. The van der Waals surface area contributed by atoms with E-state index in [1.54, 1.807) is 18.3 Å². The predicted molar refractivity (Wildman–Crippen MR) is 76.4 cm³/mol. The maximum Gasteiger partial charge on any atom is 0.255 e. The van der Waals surface area contributed by atoms with Gasteiger partial charge in [0, 0.05) is 25.9 Å². The first-order valence-electron chi connectivity index (χ1n) is 6.77. The number of nitrogens with zero attached hydrogens (tertiary/aromatic N) is 1. The monoisotopic (exact) mass is 265 g/mol. The Morgan fingerprint density at radius 1 is 1.47 bits per heavy atom. The Labute approximate surface area is 114 Å². The first-order valence-corrected chi connectivity index (χ1v) is 6.77. The van der Waals surface area contributed by atoms with Crippen LogP contribution in [0.4, 0.5) is 5.82 Å². The molecule has 5 heteroatoms. The van der Waals surface area contributed by atoms with Gasteiger partial charge in [0.05, 0.1) is 11.7 Å². The molecule has 1 atom stereocenters. The fraction of sp³-hybridized carbons (Fsp3) is 0.571. The fourth-order valence-corrected chi connectivity index (χ4v) is 1.65. The van der Waals surface area contributed by atoms with Gasteiger partial charge in [-0.3, -0.25) is 4.79 Å². The number of hydrogen-bond acceptors (Lipinski definition) is 4. The minimum atomic E-state index is -0.127. The first-order chi connectivity index (χ1) is 9.19. The third-order valence-electron chi connectivity index (χ3n) is 2.60. The number of carbonyl (C=O) groups excluding carboxylic acids is 1. The summed E-state index contributed by atoms with van der Waals surface area (Å²) in [6.07, 6.45) is 2.68. The van der Waals surface area contributed by atoms with Gasteiger partial charge in [0.2, 0.25) is 0 Å². The van der Waals surface area contributed by atoms with E-state index < -0.39 is 0 Å². The number of pyridine rings is 1. The van der Waals surface area contributed by atoms with E-state index in [2.05, 4.69) is 22.5 Å². The van der Waals surface area contributed by atoms with E-state index in [4.69, 9.17) is 4.74 Å². The van der Waals surface area contributed by atoms with Crippen LogP contribution in [-0.4, -0.2) is 36.7 Å². The van der Waals surface area contributed by atoms with Gasteiger partial charge in [-0.2, -0.15) is 0 Å². The van der Waals surface area contributed by atoms with Crippen LogP contribution in [0.25, 0.3) is 0 Å². The molecule has 19 heavy (non-hydrogen) atoms. The van der Waals surface area contributed by atoms with Gasteiger partial charge in [-0.25, -0.2) is 4.98 Å². The molecule has 1 heterocycles. The van der Waals surface area contributed by atoms with Gasteiger partial charge in [-0.1, -0.05) is 6.92 Å². The van der Waals surface area contributed by atoms with Gasteiger partial charge in [0.1, 0.15) is 5.82 Å². The van der Waals surface area contributed by atoms with Crippen LogP contribution in [0.15, 0.2) is 18.3 Å². The summed E-state index contributed by atoms with van der Waals surface area (Å²) in [5, 5.41) is 6.01. The van der Waals surface area contributed by atoms with Gasteiger partial charge in [0.25, 0.3) is 5.91 Å². The average molecular weight is 265 g/mol. The number of rotatable bonds is 8. The third kappa shape index (κ3) is 5.26. The Morgan fingerprint density at radius 3 is 2.95 bits per heavy atom. The van der Waals surface area contributed by atoms with Crippen LogP contribution in [0.1, 0.15) is 37.6 Å². The van der Waals surface area contributed by atoms with Crippen LogP contribution < -0.4 is 10.6 Å². The molecule has 1 amide bonds. The van der Waals surface area contributed by atoms with Crippen molar-refractivity contribution in [2.24, 2.45) is 0 Å². The SMILES string of the molecule is CCCNc1ncccc1C(=O)NCC(C)OCC. The first kappa shape index (κ1) is 15.4. The Bertz CT molecular complexity index is 396. The molecular formula is C14H23N3O2. The van der Waals surface area contributed by atoms with Gasteiger partial charge in [-0.05, 0) is 32.4 Å². The van der Waals surface area contributed by atoms with Gasteiger partial charge in [-0.15, -0.1) is 0 Å². The van der Waals surface area contributed by atoms with E-state index >= 15 is 0 Å². The normalized spacial score (nSPS) is 11.9. The zero-order valence-corrected chi connectivity index (χ0v) is 11.9. The zero-order valence-electron chi connectivity index (χ0n) is 11.9. The molecule has 0 bridgehead atoms. The van der Waals surface area contributed by atoms with Crippen molar-refractivity contribution in [1.82, 2.24) is 10.3 Å². The fourth-order valence-electron chi connectivity index (χ4n) is 1.65. The molecule has 0 saturated heterocycles. The number of hydrogen-bond donors (Lipinski definition) is 2. The van der Waals surface area contributed by atoms with Crippen molar-refractivity contribution in [3.05, 3.63) is 23.9 Å². The minimum absolute atomic E-state index is 0.0117. The summed E-state index contributed by atoms with van der Waals surface area (Å²) in [7, 11) is 0. The molecule has 1 aromatic rings. The Morgan fingerprint density at radius 2 is 2.26 bits per heavy atom. The van der Waals surface area contributed by atoms with E-state index in [1.807, 2.05) is 13.8 Å². The molecule has 0 aliphatic carbocycles. The van der Waals surface area contributed by atoms with Crippen LogP contribution in [0.3, 0.4) is 0 Å². The summed E-state index contributed by atoms with van der Waals surface area (Å²) >= 11 is 0. The number of ether oxygens (including phenoxy) is 1. The van der Waals surface area contributed by atoms with E-state index in [0.29, 0.717) is 24.5 Å². The molecule has 2 N–H and O–H groups in total. The predicted octanol–water partition coefficient (Wildman–Crippen LogP) is 2.06. The molecule has 0 fully saturated rings. The molecule has 0 aromatic carbocycles. The summed E-state index contributed by atoms with van der Waals surface area (Å²) in [6.45, 7) is 7.88. The second kappa shape index (κ2) is 8.48. The highest BCUT2D eigenvalue weighted by Gasteiger charge is 2.12. The molecule has 1 rings (SSSR count). The Kier molecular flexibility index (Phi) is 6.89. The van der Waals surface area contributed by atoms with Crippen molar-refractivity contribution in [1.29, 1.82) is 0 Å². The number of nitrogens with one attached hydrogen (secondary N) is 2. The largest absolute Gasteiger partial charge is 0.377 e. The molecular weight excluding hydrogens is 242 g/mol. The standard InChI is InChI=1S/C14H23N3O2/c1-4-8-15-13-12(7-6-9-16-13)14(18)17-10-11(3)19-5-2/h6-7,9,11H,4-5,8,10H2,1-3H3,(H,15,16)(H,17,18). The van der Waals surface area contributed by atoms with E-state index in [9.17, 15) is 4.79 Å². The summed E-state index contributed by atoms with van der Waals surface area (Å²) in [5.74, 6) is 0.504. The lowest BCUT2D eigenvalue weighted by molar-refractivity contribution is 0.0695. The van der Waals surface area contributed by atoms with Gasteiger partial charge in [0.15, 0.2) is 0 Å². The van der Waals surface area contributed by atoms with Crippen molar-refractivity contribution in [3.8, 4) is 0 Å². The maximum absolute atomic E-state index is 12.1. The van der Waals surface area contributed by atoms with Crippen molar-refractivity contribution in [2.45, 2.75) is 33.3 Å². The molecule has 0 saturated carbocycles. The zero-order chi connectivity index (χ0) is 14.1. The highest BCUT2D eigenvalue weighted by Crippen LogP contribution is 2.11. The van der Waals surface area contributed by atoms with Gasteiger partial charge >= 0.3 is 0 Å². The quantitative estimate of drug-likeness (QED) is 0.755.